The maximum Gasteiger partial charge on any atom is 0.189 e. The largest absolute Gasteiger partial charge is 0.382 e. The highest BCUT2D eigenvalue weighted by molar-refractivity contribution is 7.92. The third-order valence-electron chi connectivity index (χ3n) is 14.4. The standard InChI is InChI=1S/C56H58F2N10O8S2/c1-5-31(3)77(69,70)39-13-9-35(10-14-39)47-28-63-55(59)53(64-47)49-24-45(67-75-49)41-18-8-34(22-44(41)58)27-62-38-23-48(74-30-38)52-51(36-11-15-40(16-12-36)78(71,72)32(4)6-2)65-54(56(60)66-52)50-25-46(68-76-50)42-17-7-33(21-43(42)57)26-61-37-19-20-73-29-37/h7-18,21-22,24-25,28,31-32,37-38,48,61-62H,5-6,19-20,23,26-27,29-30H2,1-4H3,(H2,59,63)(H2,60,66). The number of nitrogens with zero attached hydrogens (tertiary/aromatic N) is 6. The molecule has 2 fully saturated rings. The summed E-state index contributed by atoms with van der Waals surface area (Å²) in [7, 11) is -7.08. The zero-order chi connectivity index (χ0) is 54.9. The van der Waals surface area contributed by atoms with E-state index in [4.69, 9.17) is 40.0 Å². The summed E-state index contributed by atoms with van der Waals surface area (Å²) < 4.78 is 107. The monoisotopic (exact) mass is 1100 g/mol. The van der Waals surface area contributed by atoms with Crippen LogP contribution in [0.1, 0.15) is 76.3 Å². The third-order valence-corrected chi connectivity index (χ3v) is 19.1. The zero-order valence-corrected chi connectivity index (χ0v) is 44.9. The molecule has 18 nitrogen and oxygen atoms in total. The number of rotatable bonds is 19. The number of nitrogen functional groups attached to an aromatic ring is 2. The third kappa shape index (κ3) is 11.2. The predicted octanol–water partition coefficient (Wildman–Crippen LogP) is 9.33. The normalized spacial score (nSPS) is 17.6. The first-order chi connectivity index (χ1) is 37.5. The minimum absolute atomic E-state index is 0.00388. The summed E-state index contributed by atoms with van der Waals surface area (Å²) in [5.74, 6) is -0.670. The van der Waals surface area contributed by atoms with Crippen molar-refractivity contribution in [2.75, 3.05) is 31.3 Å². The minimum Gasteiger partial charge on any atom is -0.382 e. The van der Waals surface area contributed by atoms with Crippen molar-refractivity contribution in [3.63, 3.8) is 0 Å². The Morgan fingerprint density at radius 2 is 1.17 bits per heavy atom. The fourth-order valence-electron chi connectivity index (χ4n) is 9.28. The van der Waals surface area contributed by atoms with Gasteiger partial charge >= 0.3 is 0 Å². The van der Waals surface area contributed by atoms with E-state index < -0.39 is 47.9 Å². The molecule has 4 aromatic heterocycles. The lowest BCUT2D eigenvalue weighted by molar-refractivity contribution is 0.106. The quantitative estimate of drug-likeness (QED) is 0.0587. The molecule has 6 heterocycles. The fraction of sp³-hybridized carbons (Fsp3) is 0.321. The molecule has 2 saturated heterocycles. The van der Waals surface area contributed by atoms with Crippen LogP contribution in [0.4, 0.5) is 20.4 Å². The lowest BCUT2D eigenvalue weighted by Crippen LogP contribution is -2.28. The van der Waals surface area contributed by atoms with Gasteiger partial charge in [-0.3, -0.25) is 0 Å². The summed E-state index contributed by atoms with van der Waals surface area (Å²) in [6, 6.07) is 25.6. The maximum absolute atomic E-state index is 15.9. The fourth-order valence-corrected chi connectivity index (χ4v) is 12.1. The van der Waals surface area contributed by atoms with Crippen LogP contribution in [-0.4, -0.2) is 89.5 Å². The number of ether oxygens (including phenoxy) is 2. The van der Waals surface area contributed by atoms with Gasteiger partial charge in [-0.2, -0.15) is 0 Å². The number of hydrogen-bond acceptors (Lipinski definition) is 18. The molecule has 0 radical (unpaired) electrons. The first-order valence-corrected chi connectivity index (χ1v) is 28.8. The molecule has 22 heteroatoms. The van der Waals surface area contributed by atoms with Crippen LogP contribution in [0.2, 0.25) is 0 Å². The van der Waals surface area contributed by atoms with E-state index >= 15 is 8.78 Å². The Hall–Kier alpha value is -7.34. The number of nitrogens with one attached hydrogen (secondary N) is 2. The van der Waals surface area contributed by atoms with Gasteiger partial charge in [-0.25, -0.2) is 45.6 Å². The summed E-state index contributed by atoms with van der Waals surface area (Å²) in [5.41, 5.74) is 17.8. The molecule has 0 aliphatic carbocycles. The number of halogens is 2. The van der Waals surface area contributed by atoms with Gasteiger partial charge in [0.25, 0.3) is 0 Å². The van der Waals surface area contributed by atoms with E-state index in [-0.39, 0.29) is 92.1 Å². The Bertz CT molecular complexity index is 3710. The SMILES string of the molecule is CCC(C)S(=O)(=O)c1ccc(-c2cnc(N)c(-c3cc(-c4ccc(CNC5COC(c6nc(N)c(-c7cc(-c8ccc(CNC9CCOC9)cc8F)no7)nc6-c6ccc(S(=O)(=O)C(C)CC)cc6)C5)cc4F)no3)n2)cc1. The molecule has 0 amide bonds. The van der Waals surface area contributed by atoms with Gasteiger partial charge < -0.3 is 40.6 Å². The zero-order valence-electron chi connectivity index (χ0n) is 43.2. The summed E-state index contributed by atoms with van der Waals surface area (Å²) >= 11 is 0. The summed E-state index contributed by atoms with van der Waals surface area (Å²) in [4.78, 5) is 19.1. The molecular formula is C56H58F2N10O8S2. The van der Waals surface area contributed by atoms with Gasteiger partial charge in [0.1, 0.15) is 29.1 Å². The van der Waals surface area contributed by atoms with Crippen LogP contribution in [0.5, 0.6) is 0 Å². The molecule has 0 saturated carbocycles. The summed E-state index contributed by atoms with van der Waals surface area (Å²) in [6.45, 7) is 9.33. The van der Waals surface area contributed by atoms with Crippen LogP contribution in [0.15, 0.2) is 122 Å². The first-order valence-electron chi connectivity index (χ1n) is 25.7. The van der Waals surface area contributed by atoms with Gasteiger partial charge in [0.2, 0.25) is 0 Å². The number of nitrogens with two attached hydrogens (primary N) is 2. The molecule has 6 N–H and O–H groups in total. The molecule has 2 aliphatic rings. The van der Waals surface area contributed by atoms with Gasteiger partial charge in [0, 0.05) is 66.2 Å². The second-order valence-electron chi connectivity index (χ2n) is 19.6. The second-order valence-corrected chi connectivity index (χ2v) is 24.3. The van der Waals surface area contributed by atoms with E-state index in [0.717, 1.165) is 12.0 Å². The highest BCUT2D eigenvalue weighted by atomic mass is 32.2. The first kappa shape index (κ1) is 54.0. The van der Waals surface area contributed by atoms with Gasteiger partial charge in [0.15, 0.2) is 54.2 Å². The molecule has 406 valence electrons. The Kier molecular flexibility index (Phi) is 15.6. The minimum atomic E-state index is -3.60. The van der Waals surface area contributed by atoms with Crippen LogP contribution >= 0.6 is 0 Å². The molecule has 78 heavy (non-hydrogen) atoms. The number of aromatic nitrogens is 6. The van der Waals surface area contributed by atoms with E-state index in [2.05, 4.69) is 30.9 Å². The molecule has 4 aromatic carbocycles. The van der Waals surface area contributed by atoms with Crippen molar-refractivity contribution in [3.05, 3.63) is 132 Å². The molecule has 10 rings (SSSR count). The molecular weight excluding hydrogens is 1040 g/mol. The smallest absolute Gasteiger partial charge is 0.189 e. The Balaban J connectivity index is 0.841. The van der Waals surface area contributed by atoms with Crippen molar-refractivity contribution < 1.29 is 44.1 Å². The molecule has 2 aliphatic heterocycles. The summed E-state index contributed by atoms with van der Waals surface area (Å²) in [5, 5.41) is 14.0. The van der Waals surface area contributed by atoms with Crippen LogP contribution in [0.3, 0.4) is 0 Å². The number of benzene rings is 4. The van der Waals surface area contributed by atoms with Crippen LogP contribution in [-0.2, 0) is 42.2 Å². The van der Waals surface area contributed by atoms with Gasteiger partial charge in [-0.15, -0.1) is 0 Å². The number of anilines is 2. The molecule has 0 bridgehead atoms. The van der Waals surface area contributed by atoms with E-state index in [0.29, 0.717) is 72.8 Å². The molecule has 8 aromatic rings. The number of sulfone groups is 2. The van der Waals surface area contributed by atoms with Crippen molar-refractivity contribution in [1.82, 2.24) is 40.9 Å². The number of hydrogen-bond donors (Lipinski definition) is 4. The average molecular weight is 1100 g/mol. The van der Waals surface area contributed by atoms with Gasteiger partial charge in [-0.1, -0.05) is 60.6 Å². The van der Waals surface area contributed by atoms with Crippen molar-refractivity contribution in [3.8, 4) is 67.9 Å². The van der Waals surface area contributed by atoms with E-state index in [9.17, 15) is 16.8 Å². The lowest BCUT2D eigenvalue weighted by atomic mass is 10.0. The highest BCUT2D eigenvalue weighted by Crippen LogP contribution is 2.39. The molecule has 5 atom stereocenters. The van der Waals surface area contributed by atoms with Gasteiger partial charge in [-0.05, 0) is 99.2 Å². The van der Waals surface area contributed by atoms with Crippen molar-refractivity contribution >= 4 is 31.3 Å². The Morgan fingerprint density at radius 1 is 0.628 bits per heavy atom. The van der Waals surface area contributed by atoms with Crippen molar-refractivity contribution in [1.29, 1.82) is 0 Å². The van der Waals surface area contributed by atoms with Gasteiger partial charge in [0.05, 0.1) is 56.8 Å². The summed E-state index contributed by atoms with van der Waals surface area (Å²) in [6.07, 6.45) is 3.11. The van der Waals surface area contributed by atoms with E-state index in [1.807, 2.05) is 19.9 Å². The van der Waals surface area contributed by atoms with Crippen LogP contribution in [0, 0.1) is 11.6 Å². The average Bonchev–Trinajstić information content (AvgIpc) is 4.36. The van der Waals surface area contributed by atoms with Crippen LogP contribution in [0.25, 0.3) is 67.9 Å². The van der Waals surface area contributed by atoms with Crippen molar-refractivity contribution in [2.24, 2.45) is 0 Å². The maximum atomic E-state index is 15.9. The Labute approximate surface area is 450 Å². The second kappa shape index (κ2) is 22.6. The molecule has 5 unspecified atom stereocenters. The van der Waals surface area contributed by atoms with E-state index in [1.54, 1.807) is 74.5 Å². The Morgan fingerprint density at radius 3 is 1.69 bits per heavy atom. The topological polar surface area (TPSA) is 266 Å². The molecule has 0 spiro atoms. The van der Waals surface area contributed by atoms with Crippen molar-refractivity contribution in [2.45, 2.75) is 105 Å². The predicted molar refractivity (Wildman–Crippen MR) is 289 cm³/mol. The highest BCUT2D eigenvalue weighted by Gasteiger charge is 2.33. The lowest BCUT2D eigenvalue weighted by Gasteiger charge is -2.17. The van der Waals surface area contributed by atoms with E-state index in [1.165, 1.54) is 36.5 Å². The van der Waals surface area contributed by atoms with Crippen LogP contribution < -0.4 is 22.1 Å².